The van der Waals surface area contributed by atoms with Crippen molar-refractivity contribution in [2.24, 2.45) is 0 Å². The fourth-order valence-corrected chi connectivity index (χ4v) is 6.31. The van der Waals surface area contributed by atoms with Gasteiger partial charge in [0.1, 0.15) is 5.82 Å². The number of aryl methyl sites for hydroxylation is 1. The molecule has 1 aliphatic carbocycles. The molecular formula is C29H37N7OS. The van der Waals surface area contributed by atoms with Gasteiger partial charge in [-0.2, -0.15) is 5.10 Å². The molecule has 1 aliphatic heterocycles. The third kappa shape index (κ3) is 5.59. The molecule has 8 nitrogen and oxygen atoms in total. The third-order valence-corrected chi connectivity index (χ3v) is 8.05. The molecule has 0 saturated carbocycles. The van der Waals surface area contributed by atoms with Gasteiger partial charge in [-0.25, -0.2) is 9.67 Å². The number of thioether (sulfide) groups is 1. The molecular weight excluding hydrogens is 494 g/mol. The summed E-state index contributed by atoms with van der Waals surface area (Å²) < 4.78 is 2.11. The Morgan fingerprint density at radius 2 is 2.05 bits per heavy atom. The van der Waals surface area contributed by atoms with E-state index in [1.807, 2.05) is 26.4 Å². The Balaban J connectivity index is 1.50. The molecule has 1 aromatic carbocycles. The molecule has 2 aliphatic rings. The van der Waals surface area contributed by atoms with E-state index < -0.39 is 0 Å². The monoisotopic (exact) mass is 531 g/mol. The summed E-state index contributed by atoms with van der Waals surface area (Å²) in [5.41, 5.74) is 7.60. The number of carbonyl (C=O) groups is 1. The van der Waals surface area contributed by atoms with Gasteiger partial charge in [-0.1, -0.05) is 30.0 Å². The van der Waals surface area contributed by atoms with Crippen LogP contribution in [0.15, 0.2) is 48.3 Å². The molecule has 0 radical (unpaired) electrons. The zero-order valence-corrected chi connectivity index (χ0v) is 23.5. The highest BCUT2D eigenvalue weighted by Crippen LogP contribution is 2.46. The van der Waals surface area contributed by atoms with Crippen LogP contribution in [0.1, 0.15) is 49.4 Å². The molecule has 200 valence electrons. The van der Waals surface area contributed by atoms with Gasteiger partial charge in [0, 0.05) is 36.0 Å². The summed E-state index contributed by atoms with van der Waals surface area (Å²) in [7, 11) is 4.06. The van der Waals surface area contributed by atoms with Crippen LogP contribution in [0.4, 0.5) is 5.82 Å². The van der Waals surface area contributed by atoms with Crippen molar-refractivity contribution in [3.8, 4) is 16.9 Å². The summed E-state index contributed by atoms with van der Waals surface area (Å²) in [4.78, 5) is 20.6. The number of para-hydroxylation sites is 1. The van der Waals surface area contributed by atoms with Gasteiger partial charge >= 0.3 is 0 Å². The molecule has 0 saturated heterocycles. The van der Waals surface area contributed by atoms with Crippen LogP contribution in [0.2, 0.25) is 0 Å². The number of aromatic nitrogens is 3. The number of carbonyl (C=O) groups excluding carboxylic acids is 1. The maximum Gasteiger partial charge on any atom is 0.222 e. The third-order valence-electron chi connectivity index (χ3n) is 6.91. The Kier molecular flexibility index (Phi) is 8.04. The fraction of sp³-hybridized carbons (Fsp3) is 0.414. The van der Waals surface area contributed by atoms with Crippen LogP contribution in [0.25, 0.3) is 21.8 Å². The normalized spacial score (nSPS) is 16.6. The highest BCUT2D eigenvalue weighted by Gasteiger charge is 2.34. The lowest BCUT2D eigenvalue weighted by Gasteiger charge is -2.16. The lowest BCUT2D eigenvalue weighted by molar-refractivity contribution is -0.121. The number of nitrogens with zero attached hydrogens (tertiary/aromatic N) is 4. The first-order valence-corrected chi connectivity index (χ1v) is 14.3. The van der Waals surface area contributed by atoms with Crippen LogP contribution >= 0.6 is 11.8 Å². The van der Waals surface area contributed by atoms with E-state index in [0.29, 0.717) is 6.42 Å². The molecule has 3 N–H and O–H groups in total. The molecule has 0 fully saturated rings. The minimum absolute atomic E-state index is 0.0784. The number of pyridine rings is 1. The van der Waals surface area contributed by atoms with Gasteiger partial charge < -0.3 is 20.9 Å². The average Bonchev–Trinajstić information content (AvgIpc) is 3.41. The van der Waals surface area contributed by atoms with E-state index in [1.54, 1.807) is 11.8 Å². The zero-order valence-electron chi connectivity index (χ0n) is 22.7. The topological polar surface area (TPSA) is 87.1 Å². The molecule has 2 aromatic heterocycles. The van der Waals surface area contributed by atoms with Crippen LogP contribution in [-0.2, 0) is 11.2 Å². The van der Waals surface area contributed by atoms with Gasteiger partial charge in [0.15, 0.2) is 5.50 Å². The van der Waals surface area contributed by atoms with Gasteiger partial charge in [-0.15, -0.1) is 0 Å². The number of hydrogen-bond acceptors (Lipinski definition) is 7. The number of allylic oxidation sites excluding steroid dienone is 1. The Bertz CT molecular complexity index is 1330. The molecule has 0 spiro atoms. The van der Waals surface area contributed by atoms with Crippen molar-refractivity contribution in [3.05, 3.63) is 65.1 Å². The van der Waals surface area contributed by atoms with Crippen LogP contribution in [-0.4, -0.2) is 58.3 Å². The van der Waals surface area contributed by atoms with Crippen LogP contribution in [0.5, 0.6) is 0 Å². The fourth-order valence-electron chi connectivity index (χ4n) is 5.06. The number of anilines is 1. The SMILES string of the molecule is CCNc1ccc(-c2nn(-c3ccccc3C)c3c2CCCC2=C3SC(NC(=O)CCCN(C)C)N2)cn1. The summed E-state index contributed by atoms with van der Waals surface area (Å²) in [6, 6.07) is 12.5. The van der Waals surface area contributed by atoms with E-state index >= 15 is 0 Å². The predicted octanol–water partition coefficient (Wildman–Crippen LogP) is 4.76. The number of hydrogen-bond donors (Lipinski definition) is 3. The van der Waals surface area contributed by atoms with Crippen molar-refractivity contribution in [2.45, 2.75) is 51.4 Å². The van der Waals surface area contributed by atoms with E-state index in [4.69, 9.17) is 5.10 Å². The maximum atomic E-state index is 12.7. The Morgan fingerprint density at radius 3 is 2.79 bits per heavy atom. The minimum Gasteiger partial charge on any atom is -0.370 e. The van der Waals surface area contributed by atoms with E-state index in [9.17, 15) is 4.79 Å². The molecule has 5 rings (SSSR count). The molecule has 0 bridgehead atoms. The second-order valence-corrected chi connectivity index (χ2v) is 11.2. The Labute approximate surface area is 229 Å². The standard InChI is InChI=1S/C29H37N7OS/c1-5-30-24-16-15-20(18-31-24)26-21-11-8-12-22-28(27(21)36(34-26)23-13-7-6-10-19(23)2)38-29(32-22)33-25(37)14-9-17-35(3)4/h6-7,10,13,15-16,18,29,32H,5,8-9,11-12,14,17H2,1-4H3,(H,30,31)(H,33,37). The second kappa shape index (κ2) is 11.6. The van der Waals surface area contributed by atoms with E-state index in [2.05, 4.69) is 74.7 Å². The number of benzene rings is 1. The van der Waals surface area contributed by atoms with E-state index in [-0.39, 0.29) is 11.4 Å². The highest BCUT2D eigenvalue weighted by atomic mass is 32.2. The van der Waals surface area contributed by atoms with E-state index in [0.717, 1.165) is 72.8 Å². The Morgan fingerprint density at radius 1 is 1.21 bits per heavy atom. The van der Waals surface area contributed by atoms with Crippen molar-refractivity contribution in [1.82, 2.24) is 30.3 Å². The summed E-state index contributed by atoms with van der Waals surface area (Å²) in [5.74, 6) is 0.945. The summed E-state index contributed by atoms with van der Waals surface area (Å²) in [6.07, 6.45) is 6.17. The van der Waals surface area contributed by atoms with Crippen molar-refractivity contribution >= 4 is 28.4 Å². The van der Waals surface area contributed by atoms with E-state index in [1.165, 1.54) is 16.2 Å². The number of amides is 1. The molecule has 1 unspecified atom stereocenters. The maximum absolute atomic E-state index is 12.7. The van der Waals surface area contributed by atoms with Crippen LogP contribution in [0, 0.1) is 6.92 Å². The van der Waals surface area contributed by atoms with Gasteiger partial charge in [0.05, 0.1) is 22.0 Å². The summed E-state index contributed by atoms with van der Waals surface area (Å²) in [6.45, 7) is 5.92. The lowest BCUT2D eigenvalue weighted by atomic mass is 10.0. The first-order valence-electron chi connectivity index (χ1n) is 13.4. The number of rotatable bonds is 9. The Hall–Kier alpha value is -3.30. The molecule has 1 amide bonds. The van der Waals surface area contributed by atoms with Crippen molar-refractivity contribution in [1.29, 1.82) is 0 Å². The molecule has 38 heavy (non-hydrogen) atoms. The van der Waals surface area contributed by atoms with Crippen molar-refractivity contribution < 1.29 is 4.79 Å². The first-order chi connectivity index (χ1) is 18.4. The first kappa shape index (κ1) is 26.3. The molecule has 3 heterocycles. The largest absolute Gasteiger partial charge is 0.370 e. The number of fused-ring (bicyclic) bond motifs is 2. The number of nitrogens with one attached hydrogen (secondary N) is 3. The quantitative estimate of drug-likeness (QED) is 0.367. The van der Waals surface area contributed by atoms with Crippen LogP contribution < -0.4 is 16.0 Å². The smallest absolute Gasteiger partial charge is 0.222 e. The summed E-state index contributed by atoms with van der Waals surface area (Å²) in [5, 5.41) is 15.3. The van der Waals surface area contributed by atoms with Gasteiger partial charge in [0.25, 0.3) is 0 Å². The zero-order chi connectivity index (χ0) is 26.6. The molecule has 3 aromatic rings. The summed E-state index contributed by atoms with van der Waals surface area (Å²) >= 11 is 1.69. The van der Waals surface area contributed by atoms with Crippen LogP contribution in [0.3, 0.4) is 0 Å². The second-order valence-electron chi connectivity index (χ2n) is 10.1. The average molecular weight is 532 g/mol. The van der Waals surface area contributed by atoms with Crippen molar-refractivity contribution in [2.75, 3.05) is 32.5 Å². The molecule has 1 atom stereocenters. The predicted molar refractivity (Wildman–Crippen MR) is 156 cm³/mol. The van der Waals surface area contributed by atoms with Gasteiger partial charge in [0.2, 0.25) is 5.91 Å². The minimum atomic E-state index is -0.178. The molecule has 9 heteroatoms. The highest BCUT2D eigenvalue weighted by molar-refractivity contribution is 8.09. The lowest BCUT2D eigenvalue weighted by Crippen LogP contribution is -2.40. The van der Waals surface area contributed by atoms with Crippen molar-refractivity contribution in [3.63, 3.8) is 0 Å². The van der Waals surface area contributed by atoms with Gasteiger partial charge in [-0.05, 0) is 83.9 Å². The van der Waals surface area contributed by atoms with Gasteiger partial charge in [-0.3, -0.25) is 4.79 Å².